The van der Waals surface area contributed by atoms with E-state index in [1.165, 1.54) is 24.0 Å². The van der Waals surface area contributed by atoms with Crippen molar-refractivity contribution >= 4 is 28.2 Å². The Morgan fingerprint density at radius 1 is 1.25 bits per heavy atom. The lowest BCUT2D eigenvalue weighted by Gasteiger charge is -2.31. The van der Waals surface area contributed by atoms with Crippen LogP contribution in [0.3, 0.4) is 0 Å². The summed E-state index contributed by atoms with van der Waals surface area (Å²) in [7, 11) is 1.85. The van der Waals surface area contributed by atoms with Crippen LogP contribution in [0, 0.1) is 13.8 Å². The number of aromatic nitrogens is 1. The molecule has 0 spiro atoms. The van der Waals surface area contributed by atoms with Crippen molar-refractivity contribution in [1.82, 2.24) is 15.2 Å². The van der Waals surface area contributed by atoms with Crippen molar-refractivity contribution in [3.63, 3.8) is 0 Å². The van der Waals surface area contributed by atoms with Gasteiger partial charge in [0.15, 0.2) is 5.11 Å². The Morgan fingerprint density at radius 2 is 1.92 bits per heavy atom. The van der Waals surface area contributed by atoms with Gasteiger partial charge in [0, 0.05) is 24.2 Å². The summed E-state index contributed by atoms with van der Waals surface area (Å²) in [6, 6.07) is 6.63. The van der Waals surface area contributed by atoms with E-state index < -0.39 is 0 Å². The zero-order valence-electron chi connectivity index (χ0n) is 14.6. The average molecular weight is 343 g/mol. The summed E-state index contributed by atoms with van der Waals surface area (Å²) in [6.45, 7) is 4.72. The van der Waals surface area contributed by atoms with E-state index in [0.29, 0.717) is 12.6 Å². The minimum Gasteiger partial charge on any atom is -0.366 e. The Hall–Kier alpha value is -1.88. The fraction of sp³-hybridized carbons (Fsp3) is 0.474. The number of hydrogen-bond acceptors (Lipinski definition) is 2. The molecule has 24 heavy (non-hydrogen) atoms. The molecule has 1 saturated carbocycles. The van der Waals surface area contributed by atoms with Gasteiger partial charge in [-0.15, -0.1) is 0 Å². The van der Waals surface area contributed by atoms with E-state index in [9.17, 15) is 4.79 Å². The van der Waals surface area contributed by atoms with Crippen molar-refractivity contribution in [2.24, 2.45) is 0 Å². The summed E-state index contributed by atoms with van der Waals surface area (Å²) in [5, 5.41) is 4.88. The Balaban J connectivity index is 1.97. The van der Waals surface area contributed by atoms with Crippen LogP contribution in [0.5, 0.6) is 0 Å². The van der Waals surface area contributed by atoms with Crippen molar-refractivity contribution in [1.29, 1.82) is 0 Å². The Kier molecular flexibility index (Phi) is 4.90. The predicted molar refractivity (Wildman–Crippen MR) is 103 cm³/mol. The van der Waals surface area contributed by atoms with Gasteiger partial charge in [-0.25, -0.2) is 0 Å². The zero-order chi connectivity index (χ0) is 17.3. The molecule has 3 rings (SSSR count). The maximum atomic E-state index is 12.5. The second-order valence-corrected chi connectivity index (χ2v) is 7.16. The smallest absolute Gasteiger partial charge is 0.253 e. The number of fused-ring (bicyclic) bond motifs is 1. The van der Waals surface area contributed by atoms with Gasteiger partial charge < -0.3 is 15.2 Å². The third-order valence-corrected chi connectivity index (χ3v) is 5.55. The molecule has 1 aromatic heterocycles. The minimum absolute atomic E-state index is 0.0207. The van der Waals surface area contributed by atoms with Crippen LogP contribution in [-0.4, -0.2) is 28.1 Å². The van der Waals surface area contributed by atoms with Crippen molar-refractivity contribution in [3.05, 3.63) is 45.2 Å². The van der Waals surface area contributed by atoms with Crippen molar-refractivity contribution < 1.29 is 0 Å². The lowest BCUT2D eigenvalue weighted by molar-refractivity contribution is 0.304. The first-order valence-corrected chi connectivity index (χ1v) is 9.02. The number of aryl methyl sites for hydroxylation is 2. The van der Waals surface area contributed by atoms with Gasteiger partial charge in [0.25, 0.3) is 5.56 Å². The summed E-state index contributed by atoms with van der Waals surface area (Å²) >= 11 is 5.49. The molecule has 1 fully saturated rings. The highest BCUT2D eigenvalue weighted by Gasteiger charge is 2.25. The highest BCUT2D eigenvalue weighted by atomic mass is 32.1. The van der Waals surface area contributed by atoms with Crippen molar-refractivity contribution in [2.75, 3.05) is 7.05 Å². The number of H-pyrrole nitrogens is 1. The molecule has 2 aromatic rings. The number of benzene rings is 1. The van der Waals surface area contributed by atoms with Gasteiger partial charge >= 0.3 is 0 Å². The van der Waals surface area contributed by atoms with Crippen molar-refractivity contribution in [2.45, 2.75) is 52.1 Å². The molecule has 1 aliphatic carbocycles. The molecule has 0 unspecified atom stereocenters. The van der Waals surface area contributed by atoms with Crippen LogP contribution in [0.15, 0.2) is 23.0 Å². The number of aromatic amines is 1. The maximum absolute atomic E-state index is 12.5. The van der Waals surface area contributed by atoms with Gasteiger partial charge in [0.05, 0.1) is 6.54 Å². The number of nitrogens with zero attached hydrogens (tertiary/aromatic N) is 1. The van der Waals surface area contributed by atoms with Crippen LogP contribution in [0.4, 0.5) is 0 Å². The molecule has 2 N–H and O–H groups in total. The average Bonchev–Trinajstić information content (AvgIpc) is 3.08. The van der Waals surface area contributed by atoms with Crippen LogP contribution < -0.4 is 10.9 Å². The predicted octanol–water partition coefficient (Wildman–Crippen LogP) is 3.39. The van der Waals surface area contributed by atoms with Gasteiger partial charge in [-0.1, -0.05) is 12.8 Å². The first-order valence-electron chi connectivity index (χ1n) is 8.61. The van der Waals surface area contributed by atoms with E-state index in [0.717, 1.165) is 34.4 Å². The molecular formula is C19H25N3OS. The van der Waals surface area contributed by atoms with E-state index in [-0.39, 0.29) is 5.56 Å². The highest BCUT2D eigenvalue weighted by Crippen LogP contribution is 2.25. The summed E-state index contributed by atoms with van der Waals surface area (Å²) in [6.07, 6.45) is 4.76. The van der Waals surface area contributed by atoms with E-state index >= 15 is 0 Å². The van der Waals surface area contributed by atoms with Gasteiger partial charge in [0.1, 0.15) is 0 Å². The topological polar surface area (TPSA) is 48.1 Å². The van der Waals surface area contributed by atoms with E-state index in [2.05, 4.69) is 35.1 Å². The molecule has 0 saturated heterocycles. The number of nitrogens with one attached hydrogen (secondary N) is 2. The number of hydrogen-bond donors (Lipinski definition) is 2. The molecular weight excluding hydrogens is 318 g/mol. The van der Waals surface area contributed by atoms with Crippen LogP contribution in [-0.2, 0) is 6.54 Å². The number of thiocarbonyl (C=S) groups is 1. The summed E-state index contributed by atoms with van der Waals surface area (Å²) in [4.78, 5) is 17.8. The molecule has 1 aromatic carbocycles. The zero-order valence-corrected chi connectivity index (χ0v) is 15.4. The molecule has 0 radical (unpaired) electrons. The lowest BCUT2D eigenvalue weighted by Crippen LogP contribution is -2.44. The fourth-order valence-corrected chi connectivity index (χ4v) is 3.76. The molecule has 128 valence electrons. The first kappa shape index (κ1) is 17.0. The second kappa shape index (κ2) is 6.93. The summed E-state index contributed by atoms with van der Waals surface area (Å²) < 4.78 is 0. The number of pyridine rings is 1. The van der Waals surface area contributed by atoms with Crippen LogP contribution in [0.2, 0.25) is 0 Å². The summed E-state index contributed by atoms with van der Waals surface area (Å²) in [5.74, 6) is 0. The maximum Gasteiger partial charge on any atom is 0.253 e. The first-order chi connectivity index (χ1) is 11.5. The SMILES string of the molecule is CNC(=S)N(Cc1cc2cc(C)c(C)cc2[nH]c1=O)C1CCCC1. The molecule has 1 heterocycles. The molecule has 5 heteroatoms. The van der Waals surface area contributed by atoms with Crippen LogP contribution >= 0.6 is 12.2 Å². The minimum atomic E-state index is -0.0207. The molecule has 4 nitrogen and oxygen atoms in total. The fourth-order valence-electron chi connectivity index (χ4n) is 3.55. The highest BCUT2D eigenvalue weighted by molar-refractivity contribution is 7.80. The van der Waals surface area contributed by atoms with Crippen LogP contribution in [0.1, 0.15) is 42.4 Å². The number of rotatable bonds is 3. The van der Waals surface area contributed by atoms with E-state index in [4.69, 9.17) is 12.2 Å². The second-order valence-electron chi connectivity index (χ2n) is 6.77. The normalized spacial score (nSPS) is 15.0. The lowest BCUT2D eigenvalue weighted by atomic mass is 10.0. The van der Waals surface area contributed by atoms with Gasteiger partial charge in [-0.05, 0) is 73.6 Å². The Bertz CT molecular complexity index is 821. The quantitative estimate of drug-likeness (QED) is 0.839. The largest absolute Gasteiger partial charge is 0.366 e. The van der Waals surface area contributed by atoms with Crippen molar-refractivity contribution in [3.8, 4) is 0 Å². The van der Waals surface area contributed by atoms with Crippen LogP contribution in [0.25, 0.3) is 10.9 Å². The van der Waals surface area contributed by atoms with Gasteiger partial charge in [-0.2, -0.15) is 0 Å². The Labute approximate surface area is 148 Å². The molecule has 0 aliphatic heterocycles. The Morgan fingerprint density at radius 3 is 2.58 bits per heavy atom. The molecule has 1 aliphatic rings. The third kappa shape index (κ3) is 3.31. The van der Waals surface area contributed by atoms with Gasteiger partial charge in [-0.3, -0.25) is 4.79 Å². The standard InChI is InChI=1S/C19H25N3OS/c1-12-8-14-10-15(18(23)21-17(14)9-13(12)2)11-22(19(24)20-3)16-6-4-5-7-16/h8-10,16H,4-7,11H2,1-3H3,(H,20,24)(H,21,23). The van der Waals surface area contributed by atoms with E-state index in [1.54, 1.807) is 0 Å². The van der Waals surface area contributed by atoms with E-state index in [1.807, 2.05) is 19.2 Å². The van der Waals surface area contributed by atoms with Gasteiger partial charge in [0.2, 0.25) is 0 Å². The third-order valence-electron chi connectivity index (χ3n) is 5.12. The molecule has 0 amide bonds. The molecule has 0 bridgehead atoms. The monoisotopic (exact) mass is 343 g/mol. The molecule has 0 atom stereocenters. The summed E-state index contributed by atoms with van der Waals surface area (Å²) in [5.41, 5.74) is 4.08.